The molecule has 3 rings (SSSR count). The molecule has 1 fully saturated rings. The third-order valence-electron chi connectivity index (χ3n) is 4.89. The van der Waals surface area contributed by atoms with Crippen molar-refractivity contribution >= 4 is 17.4 Å². The molecule has 0 aliphatic carbocycles. The number of ether oxygens (including phenoxy) is 2. The fourth-order valence-electron chi connectivity index (χ4n) is 3.45. The average Bonchev–Trinajstić information content (AvgIpc) is 2.97. The van der Waals surface area contributed by atoms with Crippen LogP contribution in [0, 0.1) is 6.92 Å². The molecule has 1 saturated heterocycles. The molecule has 0 spiro atoms. The lowest BCUT2D eigenvalue weighted by Gasteiger charge is -2.25. The van der Waals surface area contributed by atoms with E-state index in [1.54, 1.807) is 18.2 Å². The minimum absolute atomic E-state index is 0.0728. The molecule has 0 bridgehead atoms. The van der Waals surface area contributed by atoms with Crippen LogP contribution in [0.25, 0.3) is 5.76 Å². The van der Waals surface area contributed by atoms with Gasteiger partial charge in [-0.05, 0) is 31.5 Å². The quantitative estimate of drug-likeness (QED) is 0.441. The zero-order chi connectivity index (χ0) is 21.0. The van der Waals surface area contributed by atoms with E-state index in [4.69, 9.17) is 9.47 Å². The number of hydrogen-bond donors (Lipinski definition) is 1. The van der Waals surface area contributed by atoms with Crippen LogP contribution in [0.3, 0.4) is 0 Å². The molecule has 1 aliphatic heterocycles. The summed E-state index contributed by atoms with van der Waals surface area (Å²) in [4.78, 5) is 27.1. The van der Waals surface area contributed by atoms with Crippen LogP contribution < -0.4 is 4.74 Å². The number of aliphatic hydroxyl groups excluding tert-OH is 1. The SMILES string of the molecule is CCOc1cccc(C2/C(=C(/O)c3ccc(C)cc3)C(=O)C(=O)N2CCOC)c1. The number of methoxy groups -OCH3 is 1. The Morgan fingerprint density at radius 3 is 2.52 bits per heavy atom. The summed E-state index contributed by atoms with van der Waals surface area (Å²) >= 11 is 0. The lowest BCUT2D eigenvalue weighted by atomic mass is 9.95. The van der Waals surface area contributed by atoms with Gasteiger partial charge in [0.05, 0.1) is 24.8 Å². The number of carbonyl (C=O) groups excluding carboxylic acids is 2. The molecule has 0 aromatic heterocycles. The molecule has 2 aromatic carbocycles. The topological polar surface area (TPSA) is 76.1 Å². The highest BCUT2D eigenvalue weighted by Crippen LogP contribution is 2.40. The van der Waals surface area contributed by atoms with E-state index in [-0.39, 0.29) is 24.5 Å². The van der Waals surface area contributed by atoms with Crippen molar-refractivity contribution in [3.8, 4) is 5.75 Å². The molecule has 1 unspecified atom stereocenters. The highest BCUT2D eigenvalue weighted by Gasteiger charge is 2.45. The van der Waals surface area contributed by atoms with Gasteiger partial charge in [-0.25, -0.2) is 0 Å². The fourth-order valence-corrected chi connectivity index (χ4v) is 3.45. The molecule has 1 aliphatic rings. The van der Waals surface area contributed by atoms with Crippen molar-refractivity contribution in [2.24, 2.45) is 0 Å². The minimum Gasteiger partial charge on any atom is -0.507 e. The van der Waals surface area contributed by atoms with Crippen LogP contribution in [0.5, 0.6) is 5.75 Å². The zero-order valence-corrected chi connectivity index (χ0v) is 16.8. The maximum Gasteiger partial charge on any atom is 0.295 e. The number of Topliss-reactive ketones (excluding diaryl/α,β-unsaturated/α-hetero) is 1. The largest absolute Gasteiger partial charge is 0.507 e. The summed E-state index contributed by atoms with van der Waals surface area (Å²) in [5.41, 5.74) is 2.29. The lowest BCUT2D eigenvalue weighted by Crippen LogP contribution is -2.32. The lowest BCUT2D eigenvalue weighted by molar-refractivity contribution is -0.140. The molecule has 1 atom stereocenters. The predicted octanol–water partition coefficient (Wildman–Crippen LogP) is 3.46. The molecule has 29 heavy (non-hydrogen) atoms. The van der Waals surface area contributed by atoms with Crippen LogP contribution in [0.15, 0.2) is 54.1 Å². The van der Waals surface area contributed by atoms with Gasteiger partial charge in [-0.2, -0.15) is 0 Å². The average molecular weight is 395 g/mol. The highest BCUT2D eigenvalue weighted by molar-refractivity contribution is 6.46. The van der Waals surface area contributed by atoms with Crippen molar-refractivity contribution in [3.05, 3.63) is 70.8 Å². The van der Waals surface area contributed by atoms with E-state index in [2.05, 4.69) is 0 Å². The molecule has 6 heteroatoms. The number of benzene rings is 2. The number of aliphatic hydroxyl groups is 1. The summed E-state index contributed by atoms with van der Waals surface area (Å²) in [5.74, 6) is -0.902. The third-order valence-corrected chi connectivity index (χ3v) is 4.89. The second-order valence-electron chi connectivity index (χ2n) is 6.86. The molecular formula is C23H25NO5. The van der Waals surface area contributed by atoms with Crippen molar-refractivity contribution in [1.82, 2.24) is 4.90 Å². The van der Waals surface area contributed by atoms with Crippen molar-refractivity contribution < 1.29 is 24.2 Å². The Balaban J connectivity index is 2.14. The first-order chi connectivity index (χ1) is 14.0. The van der Waals surface area contributed by atoms with Gasteiger partial charge in [0.2, 0.25) is 0 Å². The van der Waals surface area contributed by atoms with Crippen LogP contribution >= 0.6 is 0 Å². The van der Waals surface area contributed by atoms with Gasteiger partial charge in [0.1, 0.15) is 11.5 Å². The number of likely N-dealkylation sites (tertiary alicyclic amines) is 1. The van der Waals surface area contributed by atoms with Crippen molar-refractivity contribution in [3.63, 3.8) is 0 Å². The molecular weight excluding hydrogens is 370 g/mol. The van der Waals surface area contributed by atoms with Crippen LogP contribution in [-0.2, 0) is 14.3 Å². The summed E-state index contributed by atoms with van der Waals surface area (Å²) in [5, 5.41) is 11.0. The van der Waals surface area contributed by atoms with Gasteiger partial charge in [0.15, 0.2) is 0 Å². The van der Waals surface area contributed by atoms with Crippen LogP contribution in [0.1, 0.15) is 29.7 Å². The van der Waals surface area contributed by atoms with Crippen molar-refractivity contribution in [2.75, 3.05) is 26.9 Å². The summed E-state index contributed by atoms with van der Waals surface area (Å²) in [6.07, 6.45) is 0. The Morgan fingerprint density at radius 1 is 1.14 bits per heavy atom. The number of nitrogens with zero attached hydrogens (tertiary/aromatic N) is 1. The molecule has 1 heterocycles. The molecule has 152 valence electrons. The molecule has 0 radical (unpaired) electrons. The van der Waals surface area contributed by atoms with Gasteiger partial charge in [-0.3, -0.25) is 9.59 Å². The number of aryl methyl sites for hydroxylation is 1. The number of carbonyl (C=O) groups is 2. The molecule has 0 saturated carbocycles. The summed E-state index contributed by atoms with van der Waals surface area (Å²) in [7, 11) is 1.54. The predicted molar refractivity (Wildman–Crippen MR) is 110 cm³/mol. The van der Waals surface area contributed by atoms with Gasteiger partial charge in [-0.1, -0.05) is 42.0 Å². The highest BCUT2D eigenvalue weighted by atomic mass is 16.5. The number of rotatable bonds is 7. The minimum atomic E-state index is -0.716. The normalized spacial score (nSPS) is 18.3. The first-order valence-corrected chi connectivity index (χ1v) is 9.55. The number of ketones is 1. The zero-order valence-electron chi connectivity index (χ0n) is 16.8. The third kappa shape index (κ3) is 4.17. The fraction of sp³-hybridized carbons (Fsp3) is 0.304. The Bertz CT molecular complexity index is 933. The van der Waals surface area contributed by atoms with E-state index in [0.717, 1.165) is 5.56 Å². The van der Waals surface area contributed by atoms with Crippen LogP contribution in [0.2, 0.25) is 0 Å². The van der Waals surface area contributed by atoms with Gasteiger partial charge >= 0.3 is 0 Å². The Labute approximate surface area is 170 Å². The second kappa shape index (κ2) is 8.92. The number of amides is 1. The van der Waals surface area contributed by atoms with Gasteiger partial charge in [0.25, 0.3) is 11.7 Å². The standard InChI is InChI=1S/C23H25NO5/c1-4-29-18-7-5-6-17(14-18)20-19(21(25)16-10-8-15(2)9-11-16)22(26)23(27)24(20)12-13-28-3/h5-11,14,20,25H,4,12-13H2,1-3H3/b21-19-. The van der Waals surface area contributed by atoms with Crippen molar-refractivity contribution in [2.45, 2.75) is 19.9 Å². The maximum absolute atomic E-state index is 12.9. The Kier molecular flexibility index (Phi) is 6.34. The van der Waals surface area contributed by atoms with E-state index in [1.165, 1.54) is 12.0 Å². The summed E-state index contributed by atoms with van der Waals surface area (Å²) in [6, 6.07) is 13.7. The van der Waals surface area contributed by atoms with E-state index < -0.39 is 17.7 Å². The number of hydrogen-bond acceptors (Lipinski definition) is 5. The monoisotopic (exact) mass is 395 g/mol. The second-order valence-corrected chi connectivity index (χ2v) is 6.86. The summed E-state index contributed by atoms with van der Waals surface area (Å²) in [6.45, 7) is 4.83. The molecule has 1 N–H and O–H groups in total. The maximum atomic E-state index is 12.9. The van der Waals surface area contributed by atoms with E-state index in [1.807, 2.05) is 44.2 Å². The Morgan fingerprint density at radius 2 is 1.86 bits per heavy atom. The van der Waals surface area contributed by atoms with E-state index in [9.17, 15) is 14.7 Å². The smallest absolute Gasteiger partial charge is 0.295 e. The van der Waals surface area contributed by atoms with Gasteiger partial charge in [-0.15, -0.1) is 0 Å². The molecule has 2 aromatic rings. The molecule has 6 nitrogen and oxygen atoms in total. The first-order valence-electron chi connectivity index (χ1n) is 9.55. The molecule has 1 amide bonds. The van der Waals surface area contributed by atoms with Crippen LogP contribution in [0.4, 0.5) is 0 Å². The van der Waals surface area contributed by atoms with E-state index in [0.29, 0.717) is 23.5 Å². The Hall–Kier alpha value is -3.12. The van der Waals surface area contributed by atoms with Gasteiger partial charge in [0, 0.05) is 19.2 Å². The van der Waals surface area contributed by atoms with E-state index >= 15 is 0 Å². The van der Waals surface area contributed by atoms with Crippen LogP contribution in [-0.4, -0.2) is 48.6 Å². The first kappa shape index (κ1) is 20.6. The summed E-state index contributed by atoms with van der Waals surface area (Å²) < 4.78 is 10.7. The van der Waals surface area contributed by atoms with Gasteiger partial charge < -0.3 is 19.5 Å². The van der Waals surface area contributed by atoms with Crippen molar-refractivity contribution in [1.29, 1.82) is 0 Å².